The second-order valence-corrected chi connectivity index (χ2v) is 6.04. The summed E-state index contributed by atoms with van der Waals surface area (Å²) in [6.45, 7) is 4.69. The topological polar surface area (TPSA) is 85.8 Å². The standard InChI is InChI=1S/C17H29N5O2/c1-13(23)20-16-7-5-6-14(10-16)17(21-24)15(11-19-3)12-22(4)9-8-18-2/h5-7,10,15,17-19H,8-9,11-12H2,1-4H3,(H,20,23). The van der Waals surface area contributed by atoms with Crippen LogP contribution in [0.1, 0.15) is 18.5 Å². The number of carbonyl (C=O) groups excluding carboxylic acids is 1. The molecule has 0 heterocycles. The third kappa shape index (κ3) is 6.74. The van der Waals surface area contributed by atoms with Gasteiger partial charge in [0.25, 0.3) is 0 Å². The van der Waals surface area contributed by atoms with E-state index in [1.165, 1.54) is 6.92 Å². The molecule has 0 aliphatic carbocycles. The molecule has 0 saturated carbocycles. The maximum atomic E-state index is 11.6. The monoisotopic (exact) mass is 335 g/mol. The average molecular weight is 335 g/mol. The molecule has 2 atom stereocenters. The van der Waals surface area contributed by atoms with Gasteiger partial charge in [-0.1, -0.05) is 17.3 Å². The van der Waals surface area contributed by atoms with E-state index < -0.39 is 6.04 Å². The quantitative estimate of drug-likeness (QED) is 0.533. The molecule has 0 radical (unpaired) electrons. The Morgan fingerprint density at radius 3 is 2.62 bits per heavy atom. The summed E-state index contributed by atoms with van der Waals surface area (Å²) in [7, 11) is 5.83. The Kier molecular flexibility index (Phi) is 9.14. The fourth-order valence-corrected chi connectivity index (χ4v) is 2.76. The molecule has 7 heteroatoms. The summed E-state index contributed by atoms with van der Waals surface area (Å²) in [5.74, 6) is -0.0942. The fourth-order valence-electron chi connectivity index (χ4n) is 2.76. The van der Waals surface area contributed by atoms with Gasteiger partial charge in [-0.05, 0) is 38.8 Å². The van der Waals surface area contributed by atoms with Gasteiger partial charge in [-0.2, -0.15) is 4.91 Å². The minimum absolute atomic E-state index is 0.0435. The van der Waals surface area contributed by atoms with Crippen molar-refractivity contribution in [2.24, 2.45) is 11.1 Å². The van der Waals surface area contributed by atoms with E-state index in [9.17, 15) is 9.70 Å². The van der Waals surface area contributed by atoms with Crippen molar-refractivity contribution < 1.29 is 4.79 Å². The minimum Gasteiger partial charge on any atom is -0.326 e. The molecular formula is C17H29N5O2. The largest absolute Gasteiger partial charge is 0.326 e. The molecule has 0 saturated heterocycles. The number of nitrogens with zero attached hydrogens (tertiary/aromatic N) is 2. The molecule has 2 unspecified atom stereocenters. The van der Waals surface area contributed by atoms with E-state index in [0.29, 0.717) is 12.2 Å². The Hall–Kier alpha value is -1.83. The van der Waals surface area contributed by atoms with E-state index in [0.717, 1.165) is 25.2 Å². The lowest BCUT2D eigenvalue weighted by molar-refractivity contribution is -0.114. The Labute approximate surface area is 144 Å². The summed E-state index contributed by atoms with van der Waals surface area (Å²) >= 11 is 0. The zero-order valence-electron chi connectivity index (χ0n) is 15.0. The molecule has 0 aromatic heterocycles. The first-order valence-corrected chi connectivity index (χ1v) is 8.19. The molecule has 1 rings (SSSR count). The third-order valence-electron chi connectivity index (χ3n) is 3.86. The second kappa shape index (κ2) is 10.9. The van der Waals surface area contributed by atoms with Crippen molar-refractivity contribution >= 4 is 11.6 Å². The van der Waals surface area contributed by atoms with Crippen molar-refractivity contribution in [1.82, 2.24) is 15.5 Å². The highest BCUT2D eigenvalue weighted by Crippen LogP contribution is 2.28. The Bertz CT molecular complexity index is 523. The summed E-state index contributed by atoms with van der Waals surface area (Å²) in [5, 5.41) is 12.4. The van der Waals surface area contributed by atoms with Crippen LogP contribution in [0.25, 0.3) is 0 Å². The van der Waals surface area contributed by atoms with E-state index >= 15 is 0 Å². The lowest BCUT2D eigenvalue weighted by Gasteiger charge is -2.27. The number of carbonyl (C=O) groups is 1. The van der Waals surface area contributed by atoms with Crippen LogP contribution in [-0.4, -0.2) is 58.1 Å². The van der Waals surface area contributed by atoms with Gasteiger partial charge in [0.15, 0.2) is 0 Å². The molecule has 1 aromatic carbocycles. The zero-order chi connectivity index (χ0) is 17.9. The second-order valence-electron chi connectivity index (χ2n) is 6.04. The first-order chi connectivity index (χ1) is 11.5. The first-order valence-electron chi connectivity index (χ1n) is 8.19. The van der Waals surface area contributed by atoms with Crippen molar-refractivity contribution in [2.75, 3.05) is 52.6 Å². The maximum absolute atomic E-state index is 11.6. The van der Waals surface area contributed by atoms with Crippen LogP contribution in [0.5, 0.6) is 0 Å². The molecule has 0 aliphatic rings. The van der Waals surface area contributed by atoms with Crippen LogP contribution in [0.3, 0.4) is 0 Å². The molecule has 3 N–H and O–H groups in total. The molecule has 24 heavy (non-hydrogen) atoms. The molecule has 1 aromatic rings. The number of hydrogen-bond acceptors (Lipinski definition) is 6. The number of hydrogen-bond donors (Lipinski definition) is 3. The van der Waals surface area contributed by atoms with Gasteiger partial charge in [0.05, 0.1) is 0 Å². The van der Waals surface area contributed by atoms with Crippen molar-refractivity contribution in [1.29, 1.82) is 0 Å². The van der Waals surface area contributed by atoms with Gasteiger partial charge in [0, 0.05) is 44.7 Å². The number of rotatable bonds is 11. The lowest BCUT2D eigenvalue weighted by atomic mass is 9.92. The number of anilines is 1. The first kappa shape index (κ1) is 20.2. The van der Waals surface area contributed by atoms with Crippen molar-refractivity contribution in [2.45, 2.75) is 13.0 Å². The summed E-state index contributed by atoms with van der Waals surface area (Å²) in [4.78, 5) is 25.0. The molecule has 0 aliphatic heterocycles. The summed E-state index contributed by atoms with van der Waals surface area (Å²) in [6, 6.07) is 6.87. The van der Waals surface area contributed by atoms with E-state index in [1.807, 2.05) is 39.3 Å². The smallest absolute Gasteiger partial charge is 0.221 e. The van der Waals surface area contributed by atoms with Crippen LogP contribution in [0.15, 0.2) is 29.4 Å². The predicted molar refractivity (Wildman–Crippen MR) is 98.1 cm³/mol. The van der Waals surface area contributed by atoms with Gasteiger partial charge in [0.1, 0.15) is 6.04 Å². The minimum atomic E-state index is -0.469. The molecule has 134 valence electrons. The van der Waals surface area contributed by atoms with Crippen molar-refractivity contribution in [3.63, 3.8) is 0 Å². The van der Waals surface area contributed by atoms with E-state index in [2.05, 4.69) is 26.0 Å². The SMILES string of the molecule is CNCCN(C)CC(CNC)C(N=O)c1cccc(NC(C)=O)c1. The van der Waals surface area contributed by atoms with Crippen LogP contribution in [0.4, 0.5) is 5.69 Å². The van der Waals surface area contributed by atoms with Crippen LogP contribution in [0, 0.1) is 10.8 Å². The summed E-state index contributed by atoms with van der Waals surface area (Å²) in [6.07, 6.45) is 0. The van der Waals surface area contributed by atoms with E-state index in [4.69, 9.17) is 0 Å². The number of benzene rings is 1. The Morgan fingerprint density at radius 1 is 1.29 bits per heavy atom. The molecule has 0 fully saturated rings. The molecule has 0 bridgehead atoms. The van der Waals surface area contributed by atoms with Crippen LogP contribution < -0.4 is 16.0 Å². The Balaban J connectivity index is 2.92. The zero-order valence-corrected chi connectivity index (χ0v) is 15.0. The van der Waals surface area contributed by atoms with Gasteiger partial charge in [-0.3, -0.25) is 4.79 Å². The van der Waals surface area contributed by atoms with Crippen molar-refractivity contribution in [3.05, 3.63) is 34.7 Å². The van der Waals surface area contributed by atoms with Crippen LogP contribution in [-0.2, 0) is 4.79 Å². The van der Waals surface area contributed by atoms with Gasteiger partial charge in [-0.15, -0.1) is 0 Å². The molecule has 1 amide bonds. The highest BCUT2D eigenvalue weighted by molar-refractivity contribution is 5.88. The summed E-state index contributed by atoms with van der Waals surface area (Å²) in [5.41, 5.74) is 1.50. The van der Waals surface area contributed by atoms with Gasteiger partial charge in [-0.25, -0.2) is 0 Å². The van der Waals surface area contributed by atoms with Crippen molar-refractivity contribution in [3.8, 4) is 0 Å². The normalized spacial score (nSPS) is 13.5. The predicted octanol–water partition coefficient (Wildman–Crippen LogP) is 1.44. The third-order valence-corrected chi connectivity index (χ3v) is 3.86. The van der Waals surface area contributed by atoms with Gasteiger partial charge >= 0.3 is 0 Å². The van der Waals surface area contributed by atoms with Crippen LogP contribution in [0.2, 0.25) is 0 Å². The van der Waals surface area contributed by atoms with Gasteiger partial charge in [0.2, 0.25) is 5.91 Å². The fraction of sp³-hybridized carbons (Fsp3) is 0.588. The molecule has 7 nitrogen and oxygen atoms in total. The lowest BCUT2D eigenvalue weighted by Crippen LogP contribution is -2.37. The number of nitroso groups, excluding NO2 is 1. The van der Waals surface area contributed by atoms with Crippen LogP contribution >= 0.6 is 0 Å². The molecule has 0 spiro atoms. The number of likely N-dealkylation sites (N-methyl/N-ethyl adjacent to an activating group) is 2. The number of nitrogens with one attached hydrogen (secondary N) is 3. The maximum Gasteiger partial charge on any atom is 0.221 e. The van der Waals surface area contributed by atoms with E-state index in [-0.39, 0.29) is 11.8 Å². The molecular weight excluding hydrogens is 306 g/mol. The number of amides is 1. The van der Waals surface area contributed by atoms with Gasteiger partial charge < -0.3 is 20.9 Å². The average Bonchev–Trinajstić information content (AvgIpc) is 2.53. The van der Waals surface area contributed by atoms with E-state index in [1.54, 1.807) is 6.07 Å². The highest BCUT2D eigenvalue weighted by Gasteiger charge is 2.25. The summed E-state index contributed by atoms with van der Waals surface area (Å²) < 4.78 is 0. The highest BCUT2D eigenvalue weighted by atomic mass is 16.3. The Morgan fingerprint density at radius 2 is 2.04 bits per heavy atom.